The third-order valence-corrected chi connectivity index (χ3v) is 2.74. The Labute approximate surface area is 96.2 Å². The summed E-state index contributed by atoms with van der Waals surface area (Å²) in [6, 6.07) is 0.226. The van der Waals surface area contributed by atoms with E-state index in [9.17, 15) is 17.6 Å². The van der Waals surface area contributed by atoms with Crippen LogP contribution in [0.5, 0.6) is 0 Å². The number of hydrogen-bond acceptors (Lipinski definition) is 2. The van der Waals surface area contributed by atoms with Gasteiger partial charge in [-0.1, -0.05) is 0 Å². The van der Waals surface area contributed by atoms with Crippen molar-refractivity contribution in [3.8, 4) is 0 Å². The first-order valence-electron chi connectivity index (χ1n) is 5.40. The van der Waals surface area contributed by atoms with Crippen LogP contribution in [0.1, 0.15) is 6.42 Å². The molecule has 0 atom stereocenters. The molecule has 0 bridgehead atoms. The molecule has 0 aliphatic carbocycles. The van der Waals surface area contributed by atoms with Gasteiger partial charge in [0.1, 0.15) is 5.69 Å². The minimum Gasteiger partial charge on any atom is -0.365 e. The summed E-state index contributed by atoms with van der Waals surface area (Å²) in [5.74, 6) is -5.39. The van der Waals surface area contributed by atoms with E-state index in [0.29, 0.717) is 26.1 Å². The number of rotatable bonds is 1. The Kier molecular flexibility index (Phi) is 3.51. The fourth-order valence-corrected chi connectivity index (χ4v) is 1.91. The van der Waals surface area contributed by atoms with E-state index in [1.807, 2.05) is 0 Å². The van der Waals surface area contributed by atoms with Gasteiger partial charge >= 0.3 is 0 Å². The van der Waals surface area contributed by atoms with E-state index in [1.165, 1.54) is 4.90 Å². The van der Waals surface area contributed by atoms with E-state index < -0.39 is 29.0 Å². The number of halogens is 4. The van der Waals surface area contributed by atoms with Gasteiger partial charge in [0.25, 0.3) is 0 Å². The van der Waals surface area contributed by atoms with Gasteiger partial charge < -0.3 is 10.2 Å². The Morgan fingerprint density at radius 1 is 0.941 bits per heavy atom. The Hall–Kier alpha value is -1.30. The van der Waals surface area contributed by atoms with Crippen LogP contribution < -0.4 is 10.2 Å². The van der Waals surface area contributed by atoms with Gasteiger partial charge in [0.2, 0.25) is 0 Å². The standard InChI is InChI=1S/C11H12F4N2/c12-7-6-8(13)10(15)11(9(7)14)17-4-1-2-16-3-5-17/h6,16H,1-5H2. The summed E-state index contributed by atoms with van der Waals surface area (Å²) < 4.78 is 53.1. The molecule has 17 heavy (non-hydrogen) atoms. The fourth-order valence-electron chi connectivity index (χ4n) is 1.91. The molecule has 0 radical (unpaired) electrons. The largest absolute Gasteiger partial charge is 0.365 e. The van der Waals surface area contributed by atoms with Crippen molar-refractivity contribution in [2.75, 3.05) is 31.1 Å². The minimum atomic E-state index is -1.36. The van der Waals surface area contributed by atoms with E-state index in [4.69, 9.17) is 0 Å². The Bertz CT molecular complexity index is 388. The topological polar surface area (TPSA) is 15.3 Å². The smallest absolute Gasteiger partial charge is 0.185 e. The maximum atomic E-state index is 13.5. The fraction of sp³-hybridized carbons (Fsp3) is 0.455. The number of anilines is 1. The first-order chi connectivity index (χ1) is 8.11. The maximum absolute atomic E-state index is 13.5. The van der Waals surface area contributed by atoms with E-state index in [-0.39, 0.29) is 6.07 Å². The van der Waals surface area contributed by atoms with Crippen molar-refractivity contribution in [2.45, 2.75) is 6.42 Å². The predicted octanol–water partition coefficient (Wildman–Crippen LogP) is 2.04. The van der Waals surface area contributed by atoms with E-state index >= 15 is 0 Å². The van der Waals surface area contributed by atoms with Crippen LogP contribution in [-0.2, 0) is 0 Å². The zero-order valence-corrected chi connectivity index (χ0v) is 9.07. The molecule has 0 aromatic heterocycles. The lowest BCUT2D eigenvalue weighted by molar-refractivity contribution is 0.451. The maximum Gasteiger partial charge on any atom is 0.185 e. The second-order valence-electron chi connectivity index (χ2n) is 3.91. The quantitative estimate of drug-likeness (QED) is 0.604. The number of nitrogens with one attached hydrogen (secondary N) is 1. The number of nitrogens with zero attached hydrogens (tertiary/aromatic N) is 1. The van der Waals surface area contributed by atoms with Crippen molar-refractivity contribution >= 4 is 5.69 Å². The third kappa shape index (κ3) is 2.36. The highest BCUT2D eigenvalue weighted by atomic mass is 19.2. The molecule has 1 aromatic carbocycles. The average Bonchev–Trinajstić information content (AvgIpc) is 2.56. The van der Waals surface area contributed by atoms with Crippen molar-refractivity contribution in [3.05, 3.63) is 29.3 Å². The molecule has 1 aromatic rings. The van der Waals surface area contributed by atoms with Crippen LogP contribution in [-0.4, -0.2) is 26.2 Å². The molecule has 0 unspecified atom stereocenters. The molecule has 1 aliphatic heterocycles. The van der Waals surface area contributed by atoms with E-state index in [1.54, 1.807) is 0 Å². The van der Waals surface area contributed by atoms with Crippen molar-refractivity contribution in [3.63, 3.8) is 0 Å². The van der Waals surface area contributed by atoms with Gasteiger partial charge in [-0.25, -0.2) is 17.6 Å². The molecule has 1 N–H and O–H groups in total. The molecule has 0 saturated carbocycles. The highest BCUT2D eigenvalue weighted by Crippen LogP contribution is 2.28. The summed E-state index contributed by atoms with van der Waals surface area (Å²) in [6.07, 6.45) is 0.664. The first kappa shape index (κ1) is 12.2. The number of benzene rings is 1. The van der Waals surface area contributed by atoms with Crippen LogP contribution in [0.25, 0.3) is 0 Å². The van der Waals surface area contributed by atoms with Gasteiger partial charge in [0.05, 0.1) is 0 Å². The lowest BCUT2D eigenvalue weighted by atomic mass is 10.2. The molecular weight excluding hydrogens is 236 g/mol. The molecule has 94 valence electrons. The third-order valence-electron chi connectivity index (χ3n) is 2.74. The van der Waals surface area contributed by atoms with Crippen LogP contribution in [0, 0.1) is 23.3 Å². The minimum absolute atomic E-state index is 0.226. The molecule has 6 heteroatoms. The summed E-state index contributed by atoms with van der Waals surface area (Å²) in [6.45, 7) is 1.93. The average molecular weight is 248 g/mol. The Balaban J connectivity index is 2.42. The van der Waals surface area contributed by atoms with Gasteiger partial charge in [0.15, 0.2) is 23.3 Å². The second kappa shape index (κ2) is 4.91. The Morgan fingerprint density at radius 2 is 1.59 bits per heavy atom. The molecule has 2 rings (SSSR count). The lowest BCUT2D eigenvalue weighted by Gasteiger charge is -2.23. The highest BCUT2D eigenvalue weighted by molar-refractivity contribution is 5.50. The summed E-state index contributed by atoms with van der Waals surface area (Å²) in [7, 11) is 0. The monoisotopic (exact) mass is 248 g/mol. The molecule has 1 saturated heterocycles. The zero-order chi connectivity index (χ0) is 12.4. The SMILES string of the molecule is Fc1cc(F)c(F)c(N2CCCNCC2)c1F. The molecule has 0 spiro atoms. The second-order valence-corrected chi connectivity index (χ2v) is 3.91. The molecule has 2 nitrogen and oxygen atoms in total. The van der Waals surface area contributed by atoms with Gasteiger partial charge in [-0.2, -0.15) is 0 Å². The van der Waals surface area contributed by atoms with Crippen molar-refractivity contribution in [1.29, 1.82) is 0 Å². The summed E-state index contributed by atoms with van der Waals surface area (Å²) >= 11 is 0. The molecule has 1 heterocycles. The Morgan fingerprint density at radius 3 is 2.24 bits per heavy atom. The van der Waals surface area contributed by atoms with Gasteiger partial charge in [-0.05, 0) is 13.0 Å². The van der Waals surface area contributed by atoms with Crippen molar-refractivity contribution in [2.24, 2.45) is 0 Å². The van der Waals surface area contributed by atoms with Crippen LogP contribution in [0.2, 0.25) is 0 Å². The van der Waals surface area contributed by atoms with E-state index in [2.05, 4.69) is 5.32 Å². The lowest BCUT2D eigenvalue weighted by Crippen LogP contribution is -2.30. The molecular formula is C11H12F4N2. The summed E-state index contributed by atoms with van der Waals surface area (Å²) in [4.78, 5) is 1.33. The molecule has 1 fully saturated rings. The summed E-state index contributed by atoms with van der Waals surface area (Å²) in [5, 5.41) is 3.04. The molecule has 1 aliphatic rings. The molecule has 0 amide bonds. The van der Waals surface area contributed by atoms with Crippen LogP contribution in [0.4, 0.5) is 23.2 Å². The van der Waals surface area contributed by atoms with Gasteiger partial charge in [-0.3, -0.25) is 0 Å². The van der Waals surface area contributed by atoms with Crippen LogP contribution >= 0.6 is 0 Å². The zero-order valence-electron chi connectivity index (χ0n) is 9.07. The van der Waals surface area contributed by atoms with Crippen molar-refractivity contribution in [1.82, 2.24) is 5.32 Å². The van der Waals surface area contributed by atoms with Crippen LogP contribution in [0.15, 0.2) is 6.07 Å². The number of hydrogen-bond donors (Lipinski definition) is 1. The normalized spacial score (nSPS) is 17.1. The summed E-state index contributed by atoms with van der Waals surface area (Å²) in [5.41, 5.74) is -0.605. The highest BCUT2D eigenvalue weighted by Gasteiger charge is 2.24. The van der Waals surface area contributed by atoms with Gasteiger partial charge in [-0.15, -0.1) is 0 Å². The van der Waals surface area contributed by atoms with Crippen molar-refractivity contribution < 1.29 is 17.6 Å². The van der Waals surface area contributed by atoms with E-state index in [0.717, 1.165) is 6.54 Å². The first-order valence-corrected chi connectivity index (χ1v) is 5.40. The van der Waals surface area contributed by atoms with Gasteiger partial charge in [0, 0.05) is 25.7 Å². The van der Waals surface area contributed by atoms with Crippen LogP contribution in [0.3, 0.4) is 0 Å². The predicted molar refractivity (Wildman–Crippen MR) is 56.0 cm³/mol.